The van der Waals surface area contributed by atoms with E-state index in [1.165, 1.54) is 6.07 Å². The van der Waals surface area contributed by atoms with Gasteiger partial charge in [0.2, 0.25) is 5.91 Å². The van der Waals surface area contributed by atoms with Crippen LogP contribution in [0.15, 0.2) is 18.2 Å². The fourth-order valence-electron chi connectivity index (χ4n) is 5.88. The number of amides is 3. The molecule has 164 valence electrons. The molecule has 9 heteroatoms. The first-order chi connectivity index (χ1) is 14.6. The van der Waals surface area contributed by atoms with Gasteiger partial charge in [-0.2, -0.15) is 18.4 Å². The zero-order valence-corrected chi connectivity index (χ0v) is 17.0. The molecule has 6 nitrogen and oxygen atoms in total. The predicted molar refractivity (Wildman–Crippen MR) is 104 cm³/mol. The van der Waals surface area contributed by atoms with Crippen LogP contribution in [-0.4, -0.2) is 53.5 Å². The minimum atomic E-state index is -4.53. The van der Waals surface area contributed by atoms with Crippen LogP contribution in [0.2, 0.25) is 0 Å². The number of nitrogens with zero attached hydrogens (tertiary/aromatic N) is 3. The first-order valence-corrected chi connectivity index (χ1v) is 10.6. The van der Waals surface area contributed by atoms with E-state index in [-0.39, 0.29) is 28.5 Å². The number of rotatable bonds is 2. The van der Waals surface area contributed by atoms with Crippen LogP contribution in [0, 0.1) is 22.7 Å². The molecule has 4 fully saturated rings. The SMILES string of the molecule is N#Cc1ccc(CC2CC3(C2)CN(C(=O)N2CC4(CCC(=O)N4)C2)C3)cc1C(F)(F)F. The van der Waals surface area contributed by atoms with Crippen LogP contribution in [0.1, 0.15) is 42.4 Å². The van der Waals surface area contributed by atoms with Crippen molar-refractivity contribution >= 4 is 11.9 Å². The van der Waals surface area contributed by atoms with Crippen LogP contribution in [0.5, 0.6) is 0 Å². The van der Waals surface area contributed by atoms with Crippen molar-refractivity contribution in [3.05, 3.63) is 34.9 Å². The lowest BCUT2D eigenvalue weighted by Gasteiger charge is -2.61. The molecule has 5 rings (SSSR count). The van der Waals surface area contributed by atoms with Gasteiger partial charge >= 0.3 is 12.2 Å². The number of hydrogen-bond acceptors (Lipinski definition) is 3. The smallest absolute Gasteiger partial charge is 0.347 e. The molecule has 0 bridgehead atoms. The first kappa shape index (κ1) is 20.2. The minimum absolute atomic E-state index is 0.0164. The molecular weight excluding hydrogens is 409 g/mol. The third-order valence-corrected chi connectivity index (χ3v) is 7.29. The summed E-state index contributed by atoms with van der Waals surface area (Å²) in [6.07, 6.45) is -0.866. The average Bonchev–Trinajstić information content (AvgIpc) is 3.02. The van der Waals surface area contributed by atoms with Gasteiger partial charge in [0, 0.05) is 38.0 Å². The third-order valence-electron chi connectivity index (χ3n) is 7.29. The monoisotopic (exact) mass is 432 g/mol. The van der Waals surface area contributed by atoms with Gasteiger partial charge in [-0.25, -0.2) is 4.79 Å². The molecule has 3 aliphatic heterocycles. The quantitative estimate of drug-likeness (QED) is 0.781. The molecule has 1 N–H and O–H groups in total. The molecule has 0 atom stereocenters. The number of likely N-dealkylation sites (tertiary alicyclic amines) is 2. The van der Waals surface area contributed by atoms with Crippen LogP contribution >= 0.6 is 0 Å². The van der Waals surface area contributed by atoms with E-state index in [0.29, 0.717) is 50.5 Å². The number of urea groups is 1. The average molecular weight is 432 g/mol. The van der Waals surface area contributed by atoms with Gasteiger partial charge in [0.05, 0.1) is 22.7 Å². The topological polar surface area (TPSA) is 76.4 Å². The lowest BCUT2D eigenvalue weighted by atomic mass is 9.56. The summed E-state index contributed by atoms with van der Waals surface area (Å²) in [6.45, 7) is 2.53. The van der Waals surface area contributed by atoms with Crippen molar-refractivity contribution in [3.8, 4) is 6.07 Å². The Morgan fingerprint density at radius 2 is 1.87 bits per heavy atom. The van der Waals surface area contributed by atoms with Gasteiger partial charge < -0.3 is 15.1 Å². The Hall–Kier alpha value is -2.76. The van der Waals surface area contributed by atoms with Gasteiger partial charge in [0.15, 0.2) is 0 Å². The van der Waals surface area contributed by atoms with Crippen molar-refractivity contribution < 1.29 is 22.8 Å². The summed E-state index contributed by atoms with van der Waals surface area (Å²) in [5.41, 5.74) is -0.730. The summed E-state index contributed by atoms with van der Waals surface area (Å²) in [7, 11) is 0. The van der Waals surface area contributed by atoms with Crippen molar-refractivity contribution in [2.45, 2.75) is 43.8 Å². The number of nitriles is 1. The Balaban J connectivity index is 1.11. The van der Waals surface area contributed by atoms with Crippen LogP contribution < -0.4 is 5.32 Å². The maximum absolute atomic E-state index is 13.2. The van der Waals surface area contributed by atoms with Gasteiger partial charge in [-0.05, 0) is 49.3 Å². The van der Waals surface area contributed by atoms with Crippen molar-refractivity contribution in [1.82, 2.24) is 15.1 Å². The minimum Gasteiger partial charge on any atom is -0.347 e. The Morgan fingerprint density at radius 3 is 2.45 bits per heavy atom. The Labute approximate surface area is 178 Å². The molecule has 3 amide bonds. The van der Waals surface area contributed by atoms with Crippen molar-refractivity contribution in [1.29, 1.82) is 5.26 Å². The summed E-state index contributed by atoms with van der Waals surface area (Å²) in [6, 6.07) is 5.59. The van der Waals surface area contributed by atoms with E-state index in [1.54, 1.807) is 17.0 Å². The standard InChI is InChI=1S/C22H23F3N4O2/c23-22(24,25)17-6-14(1-2-16(17)9-26)5-15-7-20(8-15)10-28(11-20)19(31)29-12-21(13-29)4-3-18(30)27-21/h1-2,6,15H,3-5,7-8,10-13H2,(H,27,30). The van der Waals surface area contributed by atoms with Gasteiger partial charge in [0.25, 0.3) is 0 Å². The molecule has 0 radical (unpaired) electrons. The summed E-state index contributed by atoms with van der Waals surface area (Å²) < 4.78 is 39.5. The van der Waals surface area contributed by atoms with Crippen molar-refractivity contribution in [3.63, 3.8) is 0 Å². The van der Waals surface area contributed by atoms with Crippen molar-refractivity contribution in [2.75, 3.05) is 26.2 Å². The maximum Gasteiger partial charge on any atom is 0.417 e. The highest BCUT2D eigenvalue weighted by Gasteiger charge is 2.56. The van der Waals surface area contributed by atoms with Gasteiger partial charge in [0.1, 0.15) is 0 Å². The van der Waals surface area contributed by atoms with E-state index in [2.05, 4.69) is 5.32 Å². The lowest BCUT2D eigenvalue weighted by molar-refractivity contribution is -0.137. The summed E-state index contributed by atoms with van der Waals surface area (Å²) in [5.74, 6) is 0.354. The second kappa shape index (κ2) is 6.62. The summed E-state index contributed by atoms with van der Waals surface area (Å²) in [5, 5.41) is 11.9. The molecule has 4 aliphatic rings. The molecule has 0 unspecified atom stereocenters. The largest absolute Gasteiger partial charge is 0.417 e. The fourth-order valence-corrected chi connectivity index (χ4v) is 5.88. The zero-order valence-electron chi connectivity index (χ0n) is 17.0. The van der Waals surface area contributed by atoms with Crippen LogP contribution in [0.25, 0.3) is 0 Å². The van der Waals surface area contributed by atoms with Crippen LogP contribution in [0.3, 0.4) is 0 Å². The molecule has 3 saturated heterocycles. The molecular formula is C22H23F3N4O2. The summed E-state index contributed by atoms with van der Waals surface area (Å²) >= 11 is 0. The molecule has 1 aromatic carbocycles. The van der Waals surface area contributed by atoms with E-state index in [4.69, 9.17) is 5.26 Å². The first-order valence-electron chi connectivity index (χ1n) is 10.6. The molecule has 2 spiro atoms. The Kier molecular flexibility index (Phi) is 4.30. The van der Waals surface area contributed by atoms with Gasteiger partial charge in [-0.1, -0.05) is 6.07 Å². The predicted octanol–water partition coefficient (Wildman–Crippen LogP) is 2.92. The number of nitrogens with one attached hydrogen (secondary N) is 1. The van der Waals surface area contributed by atoms with Crippen LogP contribution in [0.4, 0.5) is 18.0 Å². The number of halogens is 3. The van der Waals surface area contributed by atoms with Gasteiger partial charge in [-0.15, -0.1) is 0 Å². The molecule has 0 aromatic heterocycles. The number of benzene rings is 1. The number of alkyl halides is 3. The fraction of sp³-hybridized carbons (Fsp3) is 0.591. The molecule has 1 aliphatic carbocycles. The van der Waals surface area contributed by atoms with E-state index >= 15 is 0 Å². The molecule has 1 saturated carbocycles. The molecule has 1 aromatic rings. The maximum atomic E-state index is 13.2. The highest BCUT2D eigenvalue weighted by Crippen LogP contribution is 2.53. The Bertz CT molecular complexity index is 979. The Morgan fingerprint density at radius 1 is 1.19 bits per heavy atom. The number of carbonyl (C=O) groups is 2. The zero-order chi connectivity index (χ0) is 22.0. The van der Waals surface area contributed by atoms with E-state index in [9.17, 15) is 22.8 Å². The molecule has 3 heterocycles. The number of carbonyl (C=O) groups excluding carboxylic acids is 2. The van der Waals surface area contributed by atoms with E-state index in [0.717, 1.165) is 25.3 Å². The van der Waals surface area contributed by atoms with Gasteiger partial charge in [-0.3, -0.25) is 4.79 Å². The van der Waals surface area contributed by atoms with Crippen molar-refractivity contribution in [2.24, 2.45) is 11.3 Å². The highest BCUT2D eigenvalue weighted by atomic mass is 19.4. The lowest BCUT2D eigenvalue weighted by Crippen LogP contribution is -2.73. The highest BCUT2D eigenvalue weighted by molar-refractivity contribution is 5.82. The number of hydrogen-bond donors (Lipinski definition) is 1. The van der Waals surface area contributed by atoms with Crippen LogP contribution in [-0.2, 0) is 17.4 Å². The van der Waals surface area contributed by atoms with E-state index < -0.39 is 11.7 Å². The normalized spacial score (nSPS) is 23.7. The van der Waals surface area contributed by atoms with E-state index in [1.807, 2.05) is 4.90 Å². The third kappa shape index (κ3) is 3.42. The second-order valence-corrected chi connectivity index (χ2v) is 9.79. The second-order valence-electron chi connectivity index (χ2n) is 9.79. The summed E-state index contributed by atoms with van der Waals surface area (Å²) in [4.78, 5) is 27.7. The molecule has 31 heavy (non-hydrogen) atoms.